The molecule has 6 heteroatoms. The van der Waals surface area contributed by atoms with E-state index >= 15 is 0 Å². The summed E-state index contributed by atoms with van der Waals surface area (Å²) in [5.74, 6) is 0. The highest BCUT2D eigenvalue weighted by Crippen LogP contribution is 2.21. The van der Waals surface area contributed by atoms with E-state index in [-0.39, 0.29) is 0 Å². The van der Waals surface area contributed by atoms with E-state index in [1.807, 2.05) is 18.2 Å². The van der Waals surface area contributed by atoms with Crippen molar-refractivity contribution in [1.82, 2.24) is 15.1 Å². The minimum absolute atomic E-state index is 0.585. The molecule has 1 aliphatic rings. The van der Waals surface area contributed by atoms with Crippen molar-refractivity contribution in [3.05, 3.63) is 24.4 Å². The van der Waals surface area contributed by atoms with E-state index in [9.17, 15) is 4.79 Å². The zero-order valence-electron chi connectivity index (χ0n) is 9.89. The molecule has 2 aromatic rings. The van der Waals surface area contributed by atoms with Crippen LogP contribution in [0.3, 0.4) is 0 Å². The van der Waals surface area contributed by atoms with E-state index in [4.69, 9.17) is 5.73 Å². The first-order valence-electron chi connectivity index (χ1n) is 5.91. The third-order valence-electron chi connectivity index (χ3n) is 3.17. The van der Waals surface area contributed by atoms with Crippen molar-refractivity contribution in [2.75, 3.05) is 31.1 Å². The lowest BCUT2D eigenvalue weighted by atomic mass is 10.2. The van der Waals surface area contributed by atoms with Crippen molar-refractivity contribution >= 4 is 22.6 Å². The average Bonchev–Trinajstić information content (AvgIpc) is 2.82. The zero-order chi connectivity index (χ0) is 12.5. The highest BCUT2D eigenvalue weighted by molar-refractivity contribution is 5.90. The van der Waals surface area contributed by atoms with Crippen molar-refractivity contribution in [3.8, 4) is 0 Å². The SMILES string of the molecule is NC(=O)n1n[c]c2ccc(N3CCNCC3)cc21. The fourth-order valence-electron chi connectivity index (χ4n) is 2.24. The minimum atomic E-state index is -0.585. The summed E-state index contributed by atoms with van der Waals surface area (Å²) in [5, 5.41) is 7.97. The second-order valence-electron chi connectivity index (χ2n) is 4.30. The van der Waals surface area contributed by atoms with Gasteiger partial charge in [0.1, 0.15) is 6.20 Å². The van der Waals surface area contributed by atoms with E-state index < -0.39 is 6.03 Å². The number of carbonyl (C=O) groups is 1. The lowest BCUT2D eigenvalue weighted by Crippen LogP contribution is -2.43. The van der Waals surface area contributed by atoms with Crippen molar-refractivity contribution in [1.29, 1.82) is 0 Å². The Kier molecular flexibility index (Phi) is 2.64. The molecule has 0 unspecified atom stereocenters. The van der Waals surface area contributed by atoms with Crippen LogP contribution in [0.5, 0.6) is 0 Å². The van der Waals surface area contributed by atoms with Gasteiger partial charge in [-0.05, 0) is 18.2 Å². The van der Waals surface area contributed by atoms with Crippen LogP contribution < -0.4 is 16.0 Å². The molecule has 1 saturated heterocycles. The molecule has 3 N–H and O–H groups in total. The molecule has 0 spiro atoms. The summed E-state index contributed by atoms with van der Waals surface area (Å²) in [6.45, 7) is 3.86. The van der Waals surface area contributed by atoms with E-state index in [0.29, 0.717) is 5.52 Å². The summed E-state index contributed by atoms with van der Waals surface area (Å²) >= 11 is 0. The number of aromatic nitrogens is 2. The number of amides is 1. The smallest absolute Gasteiger partial charge is 0.340 e. The minimum Gasteiger partial charge on any atom is -0.369 e. The average molecular weight is 244 g/mol. The summed E-state index contributed by atoms with van der Waals surface area (Å²) in [4.78, 5) is 13.5. The number of carbonyl (C=O) groups excluding carboxylic acids is 1. The van der Waals surface area contributed by atoms with E-state index in [1.54, 1.807) is 0 Å². The molecule has 1 aliphatic heterocycles. The number of anilines is 1. The number of primary amides is 1. The van der Waals surface area contributed by atoms with Gasteiger partial charge in [-0.3, -0.25) is 0 Å². The van der Waals surface area contributed by atoms with Crippen LogP contribution in [0.15, 0.2) is 18.2 Å². The van der Waals surface area contributed by atoms with Gasteiger partial charge in [0.2, 0.25) is 0 Å². The number of fused-ring (bicyclic) bond motifs is 1. The topological polar surface area (TPSA) is 76.2 Å². The predicted molar refractivity (Wildman–Crippen MR) is 68.6 cm³/mol. The van der Waals surface area contributed by atoms with Crippen LogP contribution in [-0.4, -0.2) is 42.0 Å². The van der Waals surface area contributed by atoms with Gasteiger partial charge in [-0.25, -0.2) is 4.79 Å². The van der Waals surface area contributed by atoms with Gasteiger partial charge < -0.3 is 16.0 Å². The van der Waals surface area contributed by atoms with Crippen LogP contribution in [0, 0.1) is 6.20 Å². The molecule has 1 amide bonds. The zero-order valence-corrected chi connectivity index (χ0v) is 9.89. The Morgan fingerprint density at radius 2 is 2.17 bits per heavy atom. The molecule has 1 fully saturated rings. The van der Waals surface area contributed by atoms with Crippen LogP contribution in [0.2, 0.25) is 0 Å². The lowest BCUT2D eigenvalue weighted by Gasteiger charge is -2.29. The van der Waals surface area contributed by atoms with Gasteiger partial charge in [0.25, 0.3) is 0 Å². The molecule has 18 heavy (non-hydrogen) atoms. The molecule has 6 nitrogen and oxygen atoms in total. The summed E-state index contributed by atoms with van der Waals surface area (Å²) in [6, 6.07) is 5.30. The van der Waals surface area contributed by atoms with Gasteiger partial charge in [0, 0.05) is 37.3 Å². The van der Waals surface area contributed by atoms with Crippen molar-refractivity contribution in [2.24, 2.45) is 5.73 Å². The maximum atomic E-state index is 11.2. The third kappa shape index (κ3) is 1.80. The number of nitrogens with one attached hydrogen (secondary N) is 1. The second kappa shape index (κ2) is 4.30. The predicted octanol–water partition coefficient (Wildman–Crippen LogP) is 0.173. The van der Waals surface area contributed by atoms with Gasteiger partial charge >= 0.3 is 6.03 Å². The van der Waals surface area contributed by atoms with E-state index in [1.165, 1.54) is 4.68 Å². The quantitative estimate of drug-likeness (QED) is 0.750. The number of hydrogen-bond acceptors (Lipinski definition) is 4. The molecule has 1 aromatic carbocycles. The number of piperazine rings is 1. The molecule has 0 bridgehead atoms. The van der Waals surface area contributed by atoms with Gasteiger partial charge in [-0.1, -0.05) is 0 Å². The van der Waals surface area contributed by atoms with E-state index in [0.717, 1.165) is 37.3 Å². The Hall–Kier alpha value is -2.08. The monoisotopic (exact) mass is 244 g/mol. The molecule has 2 heterocycles. The highest BCUT2D eigenvalue weighted by Gasteiger charge is 2.13. The maximum absolute atomic E-state index is 11.2. The lowest BCUT2D eigenvalue weighted by molar-refractivity contribution is 0.248. The largest absolute Gasteiger partial charge is 0.369 e. The molecule has 0 saturated carbocycles. The van der Waals surface area contributed by atoms with Gasteiger partial charge in [0.15, 0.2) is 0 Å². The van der Waals surface area contributed by atoms with Crippen LogP contribution in [0.25, 0.3) is 10.9 Å². The Morgan fingerprint density at radius 3 is 2.89 bits per heavy atom. The Bertz CT molecular complexity index is 585. The summed E-state index contributed by atoms with van der Waals surface area (Å²) < 4.78 is 1.18. The summed E-state index contributed by atoms with van der Waals surface area (Å²) in [5.41, 5.74) is 7.06. The van der Waals surface area contributed by atoms with Crippen LogP contribution >= 0.6 is 0 Å². The highest BCUT2D eigenvalue weighted by atomic mass is 16.2. The number of nitrogens with two attached hydrogens (primary N) is 1. The third-order valence-corrected chi connectivity index (χ3v) is 3.17. The standard InChI is InChI=1S/C12H14N5O/c13-12(18)17-11-7-10(2-1-9(11)8-15-17)16-5-3-14-4-6-16/h1-2,7,14H,3-6H2,(H2,13,18). The Morgan fingerprint density at radius 1 is 1.39 bits per heavy atom. The fourth-order valence-corrected chi connectivity index (χ4v) is 2.24. The first-order chi connectivity index (χ1) is 8.75. The number of rotatable bonds is 1. The molecule has 1 aromatic heterocycles. The fraction of sp³-hybridized carbons (Fsp3) is 0.333. The number of nitrogens with zero attached hydrogens (tertiary/aromatic N) is 3. The first kappa shape index (κ1) is 11.0. The van der Waals surface area contributed by atoms with Crippen LogP contribution in [0.1, 0.15) is 0 Å². The Labute approximate surface area is 104 Å². The van der Waals surface area contributed by atoms with Gasteiger partial charge in [-0.2, -0.15) is 9.78 Å². The molecule has 3 rings (SSSR count). The van der Waals surface area contributed by atoms with Crippen molar-refractivity contribution < 1.29 is 4.79 Å². The Balaban J connectivity index is 2.03. The second-order valence-corrected chi connectivity index (χ2v) is 4.30. The number of benzene rings is 1. The van der Waals surface area contributed by atoms with Crippen molar-refractivity contribution in [2.45, 2.75) is 0 Å². The summed E-state index contributed by atoms with van der Waals surface area (Å²) in [7, 11) is 0. The van der Waals surface area contributed by atoms with Gasteiger partial charge in [-0.15, -0.1) is 0 Å². The van der Waals surface area contributed by atoms with Gasteiger partial charge in [0.05, 0.1) is 5.52 Å². The van der Waals surface area contributed by atoms with E-state index in [2.05, 4.69) is 21.5 Å². The van der Waals surface area contributed by atoms with Crippen molar-refractivity contribution in [3.63, 3.8) is 0 Å². The van der Waals surface area contributed by atoms with Crippen LogP contribution in [0.4, 0.5) is 10.5 Å². The number of hydrogen-bond donors (Lipinski definition) is 2. The molecule has 0 aliphatic carbocycles. The molecule has 1 radical (unpaired) electrons. The molecule has 93 valence electrons. The molecular weight excluding hydrogens is 230 g/mol. The summed E-state index contributed by atoms with van der Waals surface area (Å²) in [6.07, 6.45) is 2.78. The molecule has 0 atom stereocenters. The maximum Gasteiger partial charge on any atom is 0.340 e. The molecular formula is C12H14N5O. The van der Waals surface area contributed by atoms with Crippen LogP contribution in [-0.2, 0) is 0 Å². The first-order valence-corrected chi connectivity index (χ1v) is 5.91. The normalized spacial score (nSPS) is 16.1.